The van der Waals surface area contributed by atoms with Crippen LogP contribution in [0.5, 0.6) is 0 Å². The number of rotatable bonds is 9. The largest absolute Gasteiger partial charge is 0.369 e. The Kier molecular flexibility index (Phi) is 7.78. The van der Waals surface area contributed by atoms with E-state index >= 15 is 0 Å². The molecule has 0 unspecified atom stereocenters. The molecule has 3 rings (SSSR count). The smallest absolute Gasteiger partial charge is 0.234 e. The SMILES string of the molecule is NC(=O)CSc1nnc(SCC(=O)Nc2ccccc2Sc2ccccc2)s1. The maximum Gasteiger partial charge on any atom is 0.234 e. The van der Waals surface area contributed by atoms with Crippen LogP contribution in [0.15, 0.2) is 73.1 Å². The number of nitrogens with zero attached hydrogens (tertiary/aromatic N) is 2. The van der Waals surface area contributed by atoms with Gasteiger partial charge in [0, 0.05) is 9.79 Å². The molecule has 0 saturated carbocycles. The number of hydrogen-bond donors (Lipinski definition) is 2. The first-order chi connectivity index (χ1) is 13.6. The molecule has 0 aliphatic heterocycles. The highest BCUT2D eigenvalue weighted by Gasteiger charge is 2.11. The van der Waals surface area contributed by atoms with Crippen molar-refractivity contribution in [2.24, 2.45) is 5.73 Å². The van der Waals surface area contributed by atoms with Crippen LogP contribution >= 0.6 is 46.6 Å². The number of amides is 2. The molecule has 28 heavy (non-hydrogen) atoms. The number of anilines is 1. The topological polar surface area (TPSA) is 98.0 Å². The molecule has 0 saturated heterocycles. The van der Waals surface area contributed by atoms with Gasteiger partial charge in [0.05, 0.1) is 17.2 Å². The minimum absolute atomic E-state index is 0.118. The zero-order valence-electron chi connectivity index (χ0n) is 14.5. The third-order valence-electron chi connectivity index (χ3n) is 3.18. The summed E-state index contributed by atoms with van der Waals surface area (Å²) in [4.78, 5) is 25.3. The fraction of sp³-hybridized carbons (Fsp3) is 0.111. The summed E-state index contributed by atoms with van der Waals surface area (Å²) in [7, 11) is 0. The molecule has 0 aliphatic rings. The van der Waals surface area contributed by atoms with Crippen molar-refractivity contribution >= 4 is 64.1 Å². The van der Waals surface area contributed by atoms with Crippen molar-refractivity contribution in [3.63, 3.8) is 0 Å². The third kappa shape index (κ3) is 6.55. The van der Waals surface area contributed by atoms with Gasteiger partial charge >= 0.3 is 0 Å². The molecule has 1 aromatic heterocycles. The first kappa shape index (κ1) is 20.7. The molecule has 3 aromatic rings. The molecule has 2 aromatic carbocycles. The number of thioether (sulfide) groups is 2. The number of hydrogen-bond acceptors (Lipinski definition) is 8. The number of carbonyl (C=O) groups excluding carboxylic acids is 2. The Balaban J connectivity index is 1.54. The van der Waals surface area contributed by atoms with Crippen LogP contribution in [0.2, 0.25) is 0 Å². The summed E-state index contributed by atoms with van der Waals surface area (Å²) < 4.78 is 1.33. The Morgan fingerprint density at radius 2 is 1.57 bits per heavy atom. The first-order valence-corrected chi connectivity index (χ1v) is 11.7. The van der Waals surface area contributed by atoms with E-state index in [1.807, 2.05) is 54.6 Å². The van der Waals surface area contributed by atoms with Crippen LogP contribution in [0, 0.1) is 0 Å². The molecule has 0 fully saturated rings. The zero-order chi connectivity index (χ0) is 19.8. The molecule has 10 heteroatoms. The maximum atomic E-state index is 12.4. The van der Waals surface area contributed by atoms with Crippen molar-refractivity contribution in [2.45, 2.75) is 18.5 Å². The number of primary amides is 1. The molecule has 6 nitrogen and oxygen atoms in total. The van der Waals surface area contributed by atoms with E-state index in [0.717, 1.165) is 15.5 Å². The maximum absolute atomic E-state index is 12.4. The lowest BCUT2D eigenvalue weighted by Crippen LogP contribution is -2.14. The average Bonchev–Trinajstić information content (AvgIpc) is 3.15. The van der Waals surface area contributed by atoms with Crippen molar-refractivity contribution in [1.82, 2.24) is 10.2 Å². The number of nitrogens with two attached hydrogens (primary N) is 1. The highest BCUT2D eigenvalue weighted by Crippen LogP contribution is 2.33. The Morgan fingerprint density at radius 1 is 0.929 bits per heavy atom. The summed E-state index contributed by atoms with van der Waals surface area (Å²) >= 11 is 5.49. The van der Waals surface area contributed by atoms with Gasteiger partial charge in [-0.1, -0.05) is 77.0 Å². The van der Waals surface area contributed by atoms with Crippen LogP contribution in [-0.4, -0.2) is 33.5 Å². The standard InChI is InChI=1S/C18H16N4O2S4/c19-15(23)10-25-17-21-22-18(28-17)26-11-16(24)20-13-8-4-5-9-14(13)27-12-6-2-1-3-7-12/h1-9H,10-11H2,(H2,19,23)(H,20,24). The van der Waals surface area contributed by atoms with E-state index in [2.05, 4.69) is 15.5 Å². The number of aromatic nitrogens is 2. The summed E-state index contributed by atoms with van der Waals surface area (Å²) in [5.41, 5.74) is 5.89. The quantitative estimate of drug-likeness (QED) is 0.478. The van der Waals surface area contributed by atoms with E-state index < -0.39 is 5.91 Å². The van der Waals surface area contributed by atoms with Crippen molar-refractivity contribution in [1.29, 1.82) is 0 Å². The second-order valence-electron chi connectivity index (χ2n) is 5.34. The molecule has 1 heterocycles. The monoisotopic (exact) mass is 448 g/mol. The van der Waals surface area contributed by atoms with Gasteiger partial charge in [0.2, 0.25) is 11.8 Å². The van der Waals surface area contributed by atoms with E-state index in [4.69, 9.17) is 5.73 Å². The molecule has 0 atom stereocenters. The van der Waals surface area contributed by atoms with Crippen molar-refractivity contribution < 1.29 is 9.59 Å². The van der Waals surface area contributed by atoms with E-state index in [0.29, 0.717) is 8.68 Å². The summed E-state index contributed by atoms with van der Waals surface area (Å²) in [6.45, 7) is 0. The number of carbonyl (C=O) groups is 2. The van der Waals surface area contributed by atoms with Crippen LogP contribution < -0.4 is 11.1 Å². The van der Waals surface area contributed by atoms with Crippen LogP contribution in [0.25, 0.3) is 0 Å². The Morgan fingerprint density at radius 3 is 2.29 bits per heavy atom. The summed E-state index contributed by atoms with van der Waals surface area (Å²) in [5.74, 6) is -0.136. The van der Waals surface area contributed by atoms with Crippen molar-refractivity contribution in [3.8, 4) is 0 Å². The molecule has 2 amide bonds. The van der Waals surface area contributed by atoms with Crippen molar-refractivity contribution in [2.75, 3.05) is 16.8 Å². The fourth-order valence-electron chi connectivity index (χ4n) is 2.03. The highest BCUT2D eigenvalue weighted by atomic mass is 32.2. The third-order valence-corrected chi connectivity index (χ3v) is 7.48. The van der Waals surface area contributed by atoms with Gasteiger partial charge in [-0.05, 0) is 24.3 Å². The molecule has 144 valence electrons. The van der Waals surface area contributed by atoms with E-state index in [9.17, 15) is 9.59 Å². The van der Waals surface area contributed by atoms with E-state index in [1.54, 1.807) is 11.8 Å². The Bertz CT molecular complexity index is 950. The second-order valence-corrected chi connectivity index (χ2v) is 9.87. The van der Waals surface area contributed by atoms with Gasteiger partial charge in [-0.2, -0.15) is 0 Å². The van der Waals surface area contributed by atoms with E-state index in [-0.39, 0.29) is 17.4 Å². The van der Waals surface area contributed by atoms with Gasteiger partial charge in [-0.15, -0.1) is 10.2 Å². The molecular weight excluding hydrogens is 432 g/mol. The lowest BCUT2D eigenvalue weighted by Gasteiger charge is -2.10. The lowest BCUT2D eigenvalue weighted by molar-refractivity contribution is -0.115. The predicted molar refractivity (Wildman–Crippen MR) is 116 cm³/mol. The number of nitrogens with one attached hydrogen (secondary N) is 1. The summed E-state index contributed by atoms with van der Waals surface area (Å²) in [6.07, 6.45) is 0. The van der Waals surface area contributed by atoms with Crippen LogP contribution in [0.4, 0.5) is 5.69 Å². The zero-order valence-corrected chi connectivity index (χ0v) is 17.8. The minimum Gasteiger partial charge on any atom is -0.369 e. The lowest BCUT2D eigenvalue weighted by atomic mass is 10.3. The molecule has 0 bridgehead atoms. The van der Waals surface area contributed by atoms with Crippen LogP contribution in [0.1, 0.15) is 0 Å². The molecule has 0 aliphatic carbocycles. The van der Waals surface area contributed by atoms with E-state index in [1.165, 1.54) is 34.9 Å². The van der Waals surface area contributed by atoms with Gasteiger partial charge in [-0.25, -0.2) is 0 Å². The first-order valence-electron chi connectivity index (χ1n) is 8.09. The summed E-state index contributed by atoms with van der Waals surface area (Å²) in [6, 6.07) is 17.7. The van der Waals surface area contributed by atoms with Gasteiger partial charge in [0.15, 0.2) is 8.68 Å². The van der Waals surface area contributed by atoms with Gasteiger partial charge in [0.1, 0.15) is 0 Å². The van der Waals surface area contributed by atoms with Gasteiger partial charge in [0.25, 0.3) is 0 Å². The Hall–Kier alpha value is -2.01. The second kappa shape index (κ2) is 10.5. The molecule has 0 radical (unpaired) electrons. The van der Waals surface area contributed by atoms with Crippen LogP contribution in [0.3, 0.4) is 0 Å². The molecule has 0 spiro atoms. The molecule has 3 N–H and O–H groups in total. The van der Waals surface area contributed by atoms with Gasteiger partial charge < -0.3 is 11.1 Å². The normalized spacial score (nSPS) is 10.6. The molecular formula is C18H16N4O2S4. The Labute approximate surface area is 179 Å². The predicted octanol–water partition coefficient (Wildman–Crippen LogP) is 4.00. The summed E-state index contributed by atoms with van der Waals surface area (Å²) in [5, 5.41) is 11.0. The number of benzene rings is 2. The minimum atomic E-state index is -0.402. The van der Waals surface area contributed by atoms with Crippen molar-refractivity contribution in [3.05, 3.63) is 54.6 Å². The average molecular weight is 449 g/mol. The fourth-order valence-corrected chi connectivity index (χ4v) is 5.52. The highest BCUT2D eigenvalue weighted by molar-refractivity contribution is 8.03. The van der Waals surface area contributed by atoms with Crippen LogP contribution in [-0.2, 0) is 9.59 Å². The van der Waals surface area contributed by atoms with Gasteiger partial charge in [-0.3, -0.25) is 9.59 Å². The number of para-hydroxylation sites is 1.